The van der Waals surface area contributed by atoms with Crippen LogP contribution in [0.25, 0.3) is 0 Å². The molecule has 1 spiro atoms. The fourth-order valence-corrected chi connectivity index (χ4v) is 3.92. The molecule has 1 heterocycles. The highest BCUT2D eigenvalue weighted by Gasteiger charge is 2.45. The summed E-state index contributed by atoms with van der Waals surface area (Å²) in [7, 11) is 0. The molecule has 1 saturated heterocycles. The highest BCUT2D eigenvalue weighted by molar-refractivity contribution is 5.03. The third-order valence-electron chi connectivity index (χ3n) is 5.11. The van der Waals surface area contributed by atoms with Crippen molar-refractivity contribution in [3.8, 4) is 0 Å². The van der Waals surface area contributed by atoms with Gasteiger partial charge in [-0.15, -0.1) is 0 Å². The first kappa shape index (κ1) is 12.9. The number of nitrogens with zero attached hydrogens (tertiary/aromatic N) is 1. The Labute approximate surface area is 111 Å². The maximum atomic E-state index is 5.57. The molecule has 1 aliphatic heterocycles. The van der Waals surface area contributed by atoms with E-state index in [-0.39, 0.29) is 0 Å². The Morgan fingerprint density at radius 2 is 2.06 bits per heavy atom. The molecule has 1 N–H and O–H groups in total. The normalized spacial score (nSPS) is 32.2. The van der Waals surface area contributed by atoms with Crippen molar-refractivity contribution < 1.29 is 4.74 Å². The molecule has 0 aromatic carbocycles. The van der Waals surface area contributed by atoms with Crippen LogP contribution < -0.4 is 5.32 Å². The molecule has 2 saturated carbocycles. The van der Waals surface area contributed by atoms with Gasteiger partial charge < -0.3 is 10.1 Å². The lowest BCUT2D eigenvalue weighted by atomic mass is 9.91. The van der Waals surface area contributed by atoms with Crippen LogP contribution >= 0.6 is 0 Å². The first-order valence-electron chi connectivity index (χ1n) is 7.90. The predicted molar refractivity (Wildman–Crippen MR) is 73.8 cm³/mol. The Morgan fingerprint density at radius 3 is 2.72 bits per heavy atom. The van der Waals surface area contributed by atoms with E-state index in [9.17, 15) is 0 Å². The molecule has 0 amide bonds. The van der Waals surface area contributed by atoms with Crippen LogP contribution in [0.3, 0.4) is 0 Å². The molecule has 3 rings (SSSR count). The minimum absolute atomic E-state index is 0.456. The first-order chi connectivity index (χ1) is 8.83. The maximum absolute atomic E-state index is 5.57. The Morgan fingerprint density at radius 1 is 1.28 bits per heavy atom. The number of piperazine rings is 1. The first-order valence-corrected chi connectivity index (χ1v) is 7.90. The highest BCUT2D eigenvalue weighted by Crippen LogP contribution is 2.40. The summed E-state index contributed by atoms with van der Waals surface area (Å²) in [6.07, 6.45) is 8.50. The van der Waals surface area contributed by atoms with Gasteiger partial charge in [0.1, 0.15) is 0 Å². The summed E-state index contributed by atoms with van der Waals surface area (Å²) in [6, 6.07) is 0.789. The van der Waals surface area contributed by atoms with Crippen LogP contribution in [0.15, 0.2) is 0 Å². The maximum Gasteiger partial charge on any atom is 0.0593 e. The molecule has 3 heteroatoms. The zero-order valence-electron chi connectivity index (χ0n) is 11.8. The van der Waals surface area contributed by atoms with Gasteiger partial charge in [0.15, 0.2) is 0 Å². The fourth-order valence-electron chi connectivity index (χ4n) is 3.92. The van der Waals surface area contributed by atoms with E-state index in [4.69, 9.17) is 4.74 Å². The van der Waals surface area contributed by atoms with Gasteiger partial charge in [-0.2, -0.15) is 0 Å². The third-order valence-corrected chi connectivity index (χ3v) is 5.11. The molecule has 0 radical (unpaired) electrons. The van der Waals surface area contributed by atoms with Gasteiger partial charge in [-0.1, -0.05) is 12.8 Å². The highest BCUT2D eigenvalue weighted by atomic mass is 16.5. The van der Waals surface area contributed by atoms with Crippen LogP contribution in [0.2, 0.25) is 0 Å². The summed E-state index contributed by atoms with van der Waals surface area (Å²) in [6.45, 7) is 7.48. The number of hydrogen-bond acceptors (Lipinski definition) is 3. The van der Waals surface area contributed by atoms with Crippen molar-refractivity contribution in [1.82, 2.24) is 10.2 Å². The van der Waals surface area contributed by atoms with Gasteiger partial charge in [0, 0.05) is 37.8 Å². The van der Waals surface area contributed by atoms with Crippen molar-refractivity contribution in [2.24, 2.45) is 5.92 Å². The van der Waals surface area contributed by atoms with Crippen molar-refractivity contribution in [1.29, 1.82) is 0 Å². The van der Waals surface area contributed by atoms with Crippen molar-refractivity contribution in [3.63, 3.8) is 0 Å². The van der Waals surface area contributed by atoms with Crippen molar-refractivity contribution in [2.75, 3.05) is 32.8 Å². The zero-order valence-corrected chi connectivity index (χ0v) is 11.8. The molecule has 0 bridgehead atoms. The monoisotopic (exact) mass is 252 g/mol. The lowest BCUT2D eigenvalue weighted by Crippen LogP contribution is -2.64. The van der Waals surface area contributed by atoms with Crippen LogP contribution in [0, 0.1) is 5.92 Å². The van der Waals surface area contributed by atoms with Gasteiger partial charge in [0.05, 0.1) is 6.61 Å². The molecular weight excluding hydrogens is 224 g/mol. The molecule has 3 aliphatic rings. The number of rotatable bonds is 5. The van der Waals surface area contributed by atoms with Gasteiger partial charge in [0.25, 0.3) is 0 Å². The van der Waals surface area contributed by atoms with Crippen LogP contribution in [-0.4, -0.2) is 49.3 Å². The summed E-state index contributed by atoms with van der Waals surface area (Å²) in [5, 5.41) is 3.90. The number of ether oxygens (including phenoxy) is 1. The van der Waals surface area contributed by atoms with Crippen molar-refractivity contribution in [2.45, 2.75) is 57.0 Å². The minimum atomic E-state index is 0.456. The number of hydrogen-bond donors (Lipinski definition) is 1. The summed E-state index contributed by atoms with van der Waals surface area (Å²) < 4.78 is 5.57. The molecule has 18 heavy (non-hydrogen) atoms. The van der Waals surface area contributed by atoms with E-state index in [1.165, 1.54) is 51.6 Å². The smallest absolute Gasteiger partial charge is 0.0593 e. The van der Waals surface area contributed by atoms with Gasteiger partial charge >= 0.3 is 0 Å². The van der Waals surface area contributed by atoms with E-state index in [0.29, 0.717) is 5.54 Å². The number of nitrogens with one attached hydrogen (secondary N) is 1. The van der Waals surface area contributed by atoms with Crippen LogP contribution in [0.1, 0.15) is 45.4 Å². The molecule has 2 aliphatic carbocycles. The fraction of sp³-hybridized carbons (Fsp3) is 1.00. The summed E-state index contributed by atoms with van der Waals surface area (Å²) >= 11 is 0. The molecule has 0 aromatic heterocycles. The third kappa shape index (κ3) is 2.73. The Kier molecular flexibility index (Phi) is 3.92. The molecule has 1 unspecified atom stereocenters. The van der Waals surface area contributed by atoms with Gasteiger partial charge in [0.2, 0.25) is 0 Å². The average molecular weight is 252 g/mol. The van der Waals surface area contributed by atoms with E-state index < -0.39 is 0 Å². The summed E-state index contributed by atoms with van der Waals surface area (Å²) in [5.74, 6) is 0.970. The molecule has 3 fully saturated rings. The quantitative estimate of drug-likeness (QED) is 0.758. The van der Waals surface area contributed by atoms with Crippen LogP contribution in [0.5, 0.6) is 0 Å². The van der Waals surface area contributed by atoms with Crippen LogP contribution in [-0.2, 0) is 4.74 Å². The van der Waals surface area contributed by atoms with Crippen molar-refractivity contribution in [3.05, 3.63) is 0 Å². The standard InChI is InChI=1S/C15H28N2O/c1-2-18-10-9-17-12-15(7-3-4-8-15)16-11-14(17)13-5-6-13/h13-14,16H,2-12H2,1H3. The van der Waals surface area contributed by atoms with Gasteiger partial charge in [-0.3, -0.25) is 4.90 Å². The molecular formula is C15H28N2O. The molecule has 0 aromatic rings. The lowest BCUT2D eigenvalue weighted by molar-refractivity contribution is 0.0369. The van der Waals surface area contributed by atoms with Crippen molar-refractivity contribution >= 4 is 0 Å². The molecule has 3 nitrogen and oxygen atoms in total. The summed E-state index contributed by atoms with van der Waals surface area (Å²) in [4.78, 5) is 2.75. The Bertz CT molecular complexity index is 272. The second-order valence-electron chi connectivity index (χ2n) is 6.44. The SMILES string of the molecule is CCOCCN1CC2(CCCC2)NCC1C1CC1. The molecule has 1 atom stereocenters. The second kappa shape index (κ2) is 5.48. The lowest BCUT2D eigenvalue weighted by Gasteiger charge is -2.46. The average Bonchev–Trinajstić information content (AvgIpc) is 3.12. The largest absolute Gasteiger partial charge is 0.380 e. The minimum Gasteiger partial charge on any atom is -0.380 e. The predicted octanol–water partition coefficient (Wildman–Crippen LogP) is 2.02. The Hall–Kier alpha value is -0.120. The van der Waals surface area contributed by atoms with E-state index in [0.717, 1.165) is 31.7 Å². The van der Waals surface area contributed by atoms with E-state index >= 15 is 0 Å². The topological polar surface area (TPSA) is 24.5 Å². The second-order valence-corrected chi connectivity index (χ2v) is 6.44. The van der Waals surface area contributed by atoms with Gasteiger partial charge in [-0.05, 0) is 38.5 Å². The van der Waals surface area contributed by atoms with E-state index in [1.54, 1.807) is 0 Å². The summed E-state index contributed by atoms with van der Waals surface area (Å²) in [5.41, 5.74) is 0.456. The molecule has 104 valence electrons. The Balaban J connectivity index is 1.59. The van der Waals surface area contributed by atoms with Gasteiger partial charge in [-0.25, -0.2) is 0 Å². The van der Waals surface area contributed by atoms with E-state index in [2.05, 4.69) is 17.1 Å². The zero-order chi connectivity index (χ0) is 12.4. The van der Waals surface area contributed by atoms with Crippen LogP contribution in [0.4, 0.5) is 0 Å². The van der Waals surface area contributed by atoms with E-state index in [1.807, 2.05) is 0 Å².